The number of aromatic nitrogens is 1. The molecule has 0 spiro atoms. The summed E-state index contributed by atoms with van der Waals surface area (Å²) >= 11 is 0. The van der Waals surface area contributed by atoms with E-state index in [2.05, 4.69) is 65.7 Å². The van der Waals surface area contributed by atoms with Crippen molar-refractivity contribution in [2.75, 3.05) is 7.11 Å². The topological polar surface area (TPSA) is 74.9 Å². The molecule has 5 heteroatoms. The molecule has 1 aromatic heterocycles. The number of nitrogens with zero attached hydrogens (tertiary/aromatic N) is 2. The summed E-state index contributed by atoms with van der Waals surface area (Å²) in [6.45, 7) is 0. The monoisotopic (exact) mass is 505 g/mol. The number of rotatable bonds is 5. The summed E-state index contributed by atoms with van der Waals surface area (Å²) in [6.07, 6.45) is 7.63. The van der Waals surface area contributed by atoms with Crippen molar-refractivity contribution in [3.05, 3.63) is 127 Å². The van der Waals surface area contributed by atoms with Gasteiger partial charge in [-0.3, -0.25) is 10.4 Å². The van der Waals surface area contributed by atoms with Crippen molar-refractivity contribution in [3.8, 4) is 5.75 Å². The number of methoxy groups -OCH3 is 1. The van der Waals surface area contributed by atoms with E-state index >= 15 is 0 Å². The quantitative estimate of drug-likeness (QED) is 0.118. The Morgan fingerprint density at radius 2 is 1.38 bits per heavy atom. The fourth-order valence-corrected chi connectivity index (χ4v) is 5.51. The first kappa shape index (κ1) is 23.0. The van der Waals surface area contributed by atoms with E-state index < -0.39 is 0 Å². The maximum atomic E-state index is 9.30. The van der Waals surface area contributed by atoms with Crippen LogP contribution in [0, 0.1) is 5.41 Å². The van der Waals surface area contributed by atoms with Gasteiger partial charge < -0.3 is 4.74 Å². The molecule has 0 fully saturated rings. The molecule has 0 atom stereocenters. The lowest BCUT2D eigenvalue weighted by Gasteiger charge is -2.20. The highest BCUT2D eigenvalue weighted by atomic mass is 16.5. The molecule has 3 N–H and O–H groups in total. The summed E-state index contributed by atoms with van der Waals surface area (Å²) in [5, 5.41) is 21.6. The predicted octanol–water partition coefficient (Wildman–Crippen LogP) is 6.74. The highest BCUT2D eigenvalue weighted by Gasteiger charge is 2.26. The molecule has 5 nitrogen and oxygen atoms in total. The van der Waals surface area contributed by atoms with E-state index in [1.165, 1.54) is 26.9 Å². The summed E-state index contributed by atoms with van der Waals surface area (Å²) in [4.78, 5) is 4.12. The molecule has 0 amide bonds. The SMILES string of the molecule is COc1ccc(C2=CC=C(c3ccc4ccc5cccc6ccc3c4c56)C(=N[NH2+]c3ccncc3)C2=N)cc1. The fraction of sp³-hybridized carbons (Fsp3) is 0.0294. The van der Waals surface area contributed by atoms with Crippen LogP contribution in [0.5, 0.6) is 5.75 Å². The van der Waals surface area contributed by atoms with Crippen LogP contribution in [-0.4, -0.2) is 23.5 Å². The zero-order valence-electron chi connectivity index (χ0n) is 21.3. The Bertz CT molecular complexity index is 1950. The number of quaternary nitrogens is 1. The lowest BCUT2D eigenvalue weighted by Crippen LogP contribution is -2.72. The van der Waals surface area contributed by atoms with Gasteiger partial charge >= 0.3 is 0 Å². The van der Waals surface area contributed by atoms with E-state index in [0.717, 1.165) is 39.1 Å². The molecule has 186 valence electrons. The van der Waals surface area contributed by atoms with Gasteiger partial charge in [0.2, 0.25) is 0 Å². The minimum absolute atomic E-state index is 0.383. The molecule has 1 heterocycles. The van der Waals surface area contributed by atoms with E-state index in [9.17, 15) is 5.41 Å². The van der Waals surface area contributed by atoms with Crippen LogP contribution in [0.3, 0.4) is 0 Å². The van der Waals surface area contributed by atoms with E-state index in [1.807, 2.05) is 47.9 Å². The van der Waals surface area contributed by atoms with Crippen LogP contribution in [0.25, 0.3) is 43.5 Å². The zero-order chi connectivity index (χ0) is 26.3. The third kappa shape index (κ3) is 3.88. The van der Waals surface area contributed by atoms with Crippen LogP contribution in [0.2, 0.25) is 0 Å². The molecule has 0 saturated heterocycles. The third-order valence-electron chi connectivity index (χ3n) is 7.45. The Morgan fingerprint density at radius 3 is 2.13 bits per heavy atom. The van der Waals surface area contributed by atoms with E-state index in [1.54, 1.807) is 19.5 Å². The zero-order valence-corrected chi connectivity index (χ0v) is 21.3. The number of hydrogen-bond acceptors (Lipinski definition) is 4. The van der Waals surface area contributed by atoms with Crippen molar-refractivity contribution in [1.82, 2.24) is 4.98 Å². The number of hydrogen-bond donors (Lipinski definition) is 2. The Hall–Kier alpha value is -5.13. The first-order chi connectivity index (χ1) is 19.2. The Balaban J connectivity index is 1.43. The van der Waals surface area contributed by atoms with E-state index in [0.29, 0.717) is 11.4 Å². The van der Waals surface area contributed by atoms with Crippen LogP contribution in [0.4, 0.5) is 5.69 Å². The van der Waals surface area contributed by atoms with Crippen molar-refractivity contribution in [2.24, 2.45) is 5.10 Å². The van der Waals surface area contributed by atoms with Gasteiger partial charge in [0.25, 0.3) is 0 Å². The normalized spacial score (nSPS) is 14.8. The minimum Gasteiger partial charge on any atom is -0.497 e. The fourth-order valence-electron chi connectivity index (χ4n) is 5.51. The van der Waals surface area contributed by atoms with Gasteiger partial charge in [0.15, 0.2) is 11.4 Å². The number of allylic oxidation sites excluding steroid dienone is 4. The van der Waals surface area contributed by atoms with Crippen molar-refractivity contribution < 1.29 is 10.2 Å². The van der Waals surface area contributed by atoms with Crippen LogP contribution < -0.4 is 10.2 Å². The first-order valence-corrected chi connectivity index (χ1v) is 12.9. The molecule has 5 aromatic carbocycles. The number of pyridine rings is 1. The minimum atomic E-state index is 0.383. The van der Waals surface area contributed by atoms with Crippen molar-refractivity contribution in [2.45, 2.75) is 0 Å². The Kier molecular flexibility index (Phi) is 5.50. The van der Waals surface area contributed by atoms with Gasteiger partial charge in [-0.05, 0) is 55.6 Å². The second kappa shape index (κ2) is 9.31. The molecular formula is C34H25N4O+. The Labute approximate surface area is 225 Å². The van der Waals surface area contributed by atoms with Gasteiger partial charge in [-0.1, -0.05) is 84.0 Å². The van der Waals surface area contributed by atoms with Gasteiger partial charge in [-0.2, -0.15) is 5.43 Å². The number of benzene rings is 5. The number of nitrogens with one attached hydrogen (secondary N) is 1. The van der Waals surface area contributed by atoms with Crippen molar-refractivity contribution in [3.63, 3.8) is 0 Å². The van der Waals surface area contributed by atoms with E-state index in [-0.39, 0.29) is 0 Å². The van der Waals surface area contributed by atoms with Crippen LogP contribution in [-0.2, 0) is 0 Å². The summed E-state index contributed by atoms with van der Waals surface area (Å²) in [7, 11) is 1.65. The lowest BCUT2D eigenvalue weighted by atomic mass is 9.83. The standard InChI is InChI=1S/C34H24N4O/c1-39-26-11-7-21(8-12-26)27-15-16-30(34(33(27)35)38-37-25-17-19-36-20-18-25)28-13-9-24-6-5-22-3-2-4-23-10-14-29(28)32(24)31(22)23/h2-20,35H,1H3,(H,36,37)/p+1. The highest BCUT2D eigenvalue weighted by Crippen LogP contribution is 2.39. The molecule has 0 aliphatic heterocycles. The second-order valence-electron chi connectivity index (χ2n) is 9.62. The second-order valence-corrected chi connectivity index (χ2v) is 9.62. The molecule has 0 unspecified atom stereocenters. The molecule has 0 saturated carbocycles. The average Bonchev–Trinajstić information content (AvgIpc) is 3.00. The largest absolute Gasteiger partial charge is 0.497 e. The molecule has 1 aliphatic rings. The summed E-state index contributed by atoms with van der Waals surface area (Å²) in [5.41, 5.74) is 7.53. The highest BCUT2D eigenvalue weighted by molar-refractivity contribution is 6.69. The van der Waals surface area contributed by atoms with Crippen LogP contribution >= 0.6 is 0 Å². The molecule has 1 aliphatic carbocycles. The van der Waals surface area contributed by atoms with Gasteiger partial charge in [-0.15, -0.1) is 0 Å². The van der Waals surface area contributed by atoms with Gasteiger partial charge in [-0.25, -0.2) is 0 Å². The van der Waals surface area contributed by atoms with Gasteiger partial charge in [0.05, 0.1) is 12.8 Å². The molecule has 6 aromatic rings. The predicted molar refractivity (Wildman–Crippen MR) is 160 cm³/mol. The summed E-state index contributed by atoms with van der Waals surface area (Å²) in [6, 6.07) is 31.2. The molecule has 7 rings (SSSR count). The molecule has 0 bridgehead atoms. The number of nitrogens with two attached hydrogens (primary N) is 1. The van der Waals surface area contributed by atoms with Crippen molar-refractivity contribution >= 4 is 60.6 Å². The van der Waals surface area contributed by atoms with Crippen molar-refractivity contribution in [1.29, 1.82) is 5.41 Å². The first-order valence-electron chi connectivity index (χ1n) is 12.9. The number of ether oxygens (including phenoxy) is 1. The van der Waals surface area contributed by atoms with E-state index in [4.69, 9.17) is 9.84 Å². The van der Waals surface area contributed by atoms with Crippen LogP contribution in [0.15, 0.2) is 121 Å². The van der Waals surface area contributed by atoms with Crippen LogP contribution in [0.1, 0.15) is 11.1 Å². The smallest absolute Gasteiger partial charge is 0.158 e. The maximum absolute atomic E-state index is 9.30. The van der Waals surface area contributed by atoms with Gasteiger partial charge in [0, 0.05) is 35.7 Å². The lowest BCUT2D eigenvalue weighted by molar-refractivity contribution is -0.577. The average molecular weight is 506 g/mol. The molecule has 0 radical (unpaired) electrons. The summed E-state index contributed by atoms with van der Waals surface area (Å²) in [5.74, 6) is 0.784. The summed E-state index contributed by atoms with van der Waals surface area (Å²) < 4.78 is 5.34. The Morgan fingerprint density at radius 1 is 0.718 bits per heavy atom. The van der Waals surface area contributed by atoms with Gasteiger partial charge in [0.1, 0.15) is 5.75 Å². The third-order valence-corrected chi connectivity index (χ3v) is 7.45. The molecule has 39 heavy (non-hydrogen) atoms. The molecular weight excluding hydrogens is 480 g/mol. The maximum Gasteiger partial charge on any atom is 0.158 e.